The Hall–Kier alpha value is -3.56. The van der Waals surface area contributed by atoms with Crippen LogP contribution in [0.15, 0.2) is 33.5 Å². The number of carboxylic acid groups (broad SMARTS) is 1. The van der Waals surface area contributed by atoms with Crippen LogP contribution in [-0.2, 0) is 4.74 Å². The quantitative estimate of drug-likeness (QED) is 0.476. The summed E-state index contributed by atoms with van der Waals surface area (Å²) in [6.45, 7) is 1.98. The van der Waals surface area contributed by atoms with E-state index in [0.717, 1.165) is 12.5 Å². The molecule has 0 aromatic carbocycles. The third-order valence-electron chi connectivity index (χ3n) is 3.35. The number of fused-ring (bicyclic) bond motifs is 2. The van der Waals surface area contributed by atoms with Crippen molar-refractivity contribution < 1.29 is 37.0 Å². The summed E-state index contributed by atoms with van der Waals surface area (Å²) >= 11 is 0. The molecule has 0 saturated carbocycles. The maximum atomic E-state index is 12.9. The van der Waals surface area contributed by atoms with Crippen LogP contribution in [0.2, 0.25) is 0 Å². The fraction of sp³-hybridized carbons (Fsp3) is 0.125. The minimum absolute atomic E-state index is 0.0803. The van der Waals surface area contributed by atoms with E-state index in [2.05, 4.69) is 9.97 Å². The van der Waals surface area contributed by atoms with E-state index in [1.54, 1.807) is 6.92 Å². The summed E-state index contributed by atoms with van der Waals surface area (Å²) in [5.41, 5.74) is 0.916. The Morgan fingerprint density at radius 3 is 2.00 bits per heavy atom. The summed E-state index contributed by atoms with van der Waals surface area (Å²) in [7, 11) is 0. The van der Waals surface area contributed by atoms with Crippen LogP contribution >= 0.6 is 0 Å². The number of aromatic amines is 2. The molecule has 4 heterocycles. The number of hydrogen-bond donors (Lipinski definition) is 3. The number of aromatic nitrogens is 2. The number of esters is 1. The van der Waals surface area contributed by atoms with Gasteiger partial charge in [-0.3, -0.25) is 0 Å². The Balaban J connectivity index is 0.000000152. The average Bonchev–Trinajstić information content (AvgIpc) is 3.33. The normalized spacial score (nSPS) is 10.7. The summed E-state index contributed by atoms with van der Waals surface area (Å²) in [6, 6.07) is 2.65. The molecule has 0 spiro atoms. The van der Waals surface area contributed by atoms with Crippen molar-refractivity contribution in [3.05, 3.63) is 47.7 Å². The van der Waals surface area contributed by atoms with E-state index in [1.165, 1.54) is 12.1 Å². The first kappa shape index (κ1) is 17.3. The molecule has 0 saturated heterocycles. The highest BCUT2D eigenvalue weighted by Gasteiger charge is 2.15. The van der Waals surface area contributed by atoms with Gasteiger partial charge in [0, 0.05) is 12.1 Å². The SMILES string of the molecule is CCOC(=O)c1cc2occ(F)c2[nH]1.O=C(O)c1cc2occ(F)c2[nH]1. The highest BCUT2D eigenvalue weighted by atomic mass is 19.1. The zero-order chi connectivity index (χ0) is 18.8. The van der Waals surface area contributed by atoms with Gasteiger partial charge in [-0.15, -0.1) is 0 Å². The second kappa shape index (κ2) is 6.75. The first-order chi connectivity index (χ1) is 12.4. The number of nitrogens with one attached hydrogen (secondary N) is 2. The van der Waals surface area contributed by atoms with Crippen LogP contribution in [0.3, 0.4) is 0 Å². The van der Waals surface area contributed by atoms with Crippen LogP contribution in [-0.4, -0.2) is 33.6 Å². The number of hydrogen-bond acceptors (Lipinski definition) is 5. The molecule has 8 nitrogen and oxygen atoms in total. The van der Waals surface area contributed by atoms with Gasteiger partial charge in [-0.2, -0.15) is 0 Å². The summed E-state index contributed by atoms with van der Waals surface area (Å²) in [5, 5.41) is 8.50. The van der Waals surface area contributed by atoms with E-state index in [1.807, 2.05) is 0 Å². The van der Waals surface area contributed by atoms with Gasteiger partial charge in [0.15, 0.2) is 22.8 Å². The average molecular weight is 366 g/mol. The van der Waals surface area contributed by atoms with Crippen molar-refractivity contribution in [1.82, 2.24) is 9.97 Å². The van der Waals surface area contributed by atoms with Crippen LogP contribution in [0.5, 0.6) is 0 Å². The second-order valence-electron chi connectivity index (χ2n) is 5.04. The van der Waals surface area contributed by atoms with Gasteiger partial charge in [-0.1, -0.05) is 0 Å². The molecule has 0 aliphatic carbocycles. The van der Waals surface area contributed by atoms with Gasteiger partial charge in [0.1, 0.15) is 34.9 Å². The lowest BCUT2D eigenvalue weighted by Crippen LogP contribution is -2.04. The Labute approximate surface area is 143 Å². The molecule has 0 amide bonds. The number of carbonyl (C=O) groups excluding carboxylic acids is 1. The van der Waals surface area contributed by atoms with E-state index in [0.29, 0.717) is 5.58 Å². The lowest BCUT2D eigenvalue weighted by Gasteiger charge is -1.96. The number of furan rings is 2. The van der Waals surface area contributed by atoms with E-state index >= 15 is 0 Å². The van der Waals surface area contributed by atoms with E-state index in [-0.39, 0.29) is 34.6 Å². The molecule has 4 rings (SSSR count). The number of rotatable bonds is 3. The maximum Gasteiger partial charge on any atom is 0.354 e. The molecule has 0 bridgehead atoms. The maximum absolute atomic E-state index is 12.9. The number of halogens is 2. The number of carbonyl (C=O) groups is 2. The molecule has 0 fully saturated rings. The van der Waals surface area contributed by atoms with Crippen molar-refractivity contribution >= 4 is 34.1 Å². The van der Waals surface area contributed by atoms with Crippen molar-refractivity contribution in [3.8, 4) is 0 Å². The number of ether oxygens (including phenoxy) is 1. The van der Waals surface area contributed by atoms with Crippen molar-refractivity contribution in [3.63, 3.8) is 0 Å². The topological polar surface area (TPSA) is 121 Å². The van der Waals surface area contributed by atoms with Gasteiger partial charge >= 0.3 is 11.9 Å². The van der Waals surface area contributed by atoms with Gasteiger partial charge in [0.25, 0.3) is 0 Å². The molecule has 26 heavy (non-hydrogen) atoms. The molecule has 136 valence electrons. The number of carboxylic acids is 1. The smallest absolute Gasteiger partial charge is 0.354 e. The van der Waals surface area contributed by atoms with Gasteiger partial charge < -0.3 is 28.6 Å². The predicted octanol–water partition coefficient (Wildman–Crippen LogP) is 3.67. The Morgan fingerprint density at radius 1 is 1.04 bits per heavy atom. The van der Waals surface area contributed by atoms with E-state index < -0.39 is 23.6 Å². The highest BCUT2D eigenvalue weighted by Crippen LogP contribution is 2.21. The van der Waals surface area contributed by atoms with Gasteiger partial charge in [0.2, 0.25) is 0 Å². The van der Waals surface area contributed by atoms with Crippen molar-refractivity contribution in [1.29, 1.82) is 0 Å². The third kappa shape index (κ3) is 3.16. The fourth-order valence-electron chi connectivity index (χ4n) is 2.19. The Kier molecular flexibility index (Phi) is 4.48. The molecule has 4 aromatic heterocycles. The van der Waals surface area contributed by atoms with Crippen LogP contribution in [0.25, 0.3) is 22.2 Å². The molecule has 0 atom stereocenters. The monoisotopic (exact) mass is 366 g/mol. The standard InChI is InChI=1S/C9H8FNO3.C7H4FNO3/c1-2-13-9(12)6-3-7-8(11-6)5(10)4-14-7;8-3-2-12-5-1-4(7(10)11)9-6(3)5/h3-4,11H,2H2,1H3;1-2,9H,(H,10,11). The second-order valence-corrected chi connectivity index (χ2v) is 5.04. The van der Waals surface area contributed by atoms with Crippen LogP contribution in [0, 0.1) is 11.6 Å². The minimum Gasteiger partial charge on any atom is -0.477 e. The predicted molar refractivity (Wildman–Crippen MR) is 84.0 cm³/mol. The minimum atomic E-state index is -1.14. The molecule has 3 N–H and O–H groups in total. The fourth-order valence-corrected chi connectivity index (χ4v) is 2.19. The molecule has 0 aliphatic heterocycles. The molecule has 10 heteroatoms. The Bertz CT molecular complexity index is 1090. The number of aromatic carboxylic acids is 1. The Morgan fingerprint density at radius 2 is 1.54 bits per heavy atom. The molecule has 4 aromatic rings. The van der Waals surface area contributed by atoms with Gasteiger partial charge in [0.05, 0.1) is 6.61 Å². The van der Waals surface area contributed by atoms with Crippen molar-refractivity contribution in [2.75, 3.05) is 6.61 Å². The summed E-state index contributed by atoms with van der Waals surface area (Å²) in [6.07, 6.45) is 1.91. The first-order valence-electron chi connectivity index (χ1n) is 7.32. The van der Waals surface area contributed by atoms with Gasteiger partial charge in [-0.25, -0.2) is 18.4 Å². The number of H-pyrrole nitrogens is 2. The highest BCUT2D eigenvalue weighted by molar-refractivity contribution is 5.93. The molecule has 0 aliphatic rings. The molecular formula is C16H12F2N2O6. The molecular weight excluding hydrogens is 354 g/mol. The van der Waals surface area contributed by atoms with Gasteiger partial charge in [-0.05, 0) is 6.92 Å². The van der Waals surface area contributed by atoms with Crippen LogP contribution in [0.1, 0.15) is 27.9 Å². The first-order valence-corrected chi connectivity index (χ1v) is 7.32. The zero-order valence-electron chi connectivity index (χ0n) is 13.3. The largest absolute Gasteiger partial charge is 0.477 e. The van der Waals surface area contributed by atoms with Crippen LogP contribution < -0.4 is 0 Å². The van der Waals surface area contributed by atoms with E-state index in [4.69, 9.17) is 18.7 Å². The van der Waals surface area contributed by atoms with E-state index in [9.17, 15) is 18.4 Å². The summed E-state index contributed by atoms with van der Waals surface area (Å²) < 4.78 is 39.9. The zero-order valence-corrected chi connectivity index (χ0v) is 13.3. The molecule has 0 unspecified atom stereocenters. The molecule has 0 radical (unpaired) electrons. The summed E-state index contributed by atoms with van der Waals surface area (Å²) in [4.78, 5) is 26.6. The third-order valence-corrected chi connectivity index (χ3v) is 3.35. The van der Waals surface area contributed by atoms with Crippen molar-refractivity contribution in [2.45, 2.75) is 6.92 Å². The lowest BCUT2D eigenvalue weighted by atomic mass is 10.4. The lowest BCUT2D eigenvalue weighted by molar-refractivity contribution is 0.0520. The van der Waals surface area contributed by atoms with Crippen molar-refractivity contribution in [2.24, 2.45) is 0 Å². The summed E-state index contributed by atoms with van der Waals surface area (Å²) in [5.74, 6) is -2.76. The van der Waals surface area contributed by atoms with Crippen LogP contribution in [0.4, 0.5) is 8.78 Å².